The maximum absolute atomic E-state index is 14.2. The highest BCUT2D eigenvalue weighted by Crippen LogP contribution is 2.34. The van der Waals surface area contributed by atoms with Crippen molar-refractivity contribution < 1.29 is 28.2 Å². The average Bonchev–Trinajstić information content (AvgIpc) is 2.52. The fourth-order valence-electron chi connectivity index (χ4n) is 2.95. The topological polar surface area (TPSA) is 75.6 Å². The Kier molecular flexibility index (Phi) is 6.25. The molecule has 0 aliphatic carbocycles. The van der Waals surface area contributed by atoms with Crippen LogP contribution in [0.25, 0.3) is 0 Å². The number of halogens is 2. The van der Waals surface area contributed by atoms with Crippen LogP contribution in [-0.4, -0.2) is 30.2 Å². The highest BCUT2D eigenvalue weighted by Gasteiger charge is 2.38. The number of unbranched alkanes of at least 4 members (excludes halogenated alkanes) is 1. The van der Waals surface area contributed by atoms with Gasteiger partial charge >= 0.3 is 5.97 Å². The summed E-state index contributed by atoms with van der Waals surface area (Å²) < 4.78 is 32.7. The second-order valence-corrected chi connectivity index (χ2v) is 5.97. The van der Waals surface area contributed by atoms with Gasteiger partial charge in [-0.2, -0.15) is 0 Å². The lowest BCUT2D eigenvalue weighted by Crippen LogP contribution is -2.50. The van der Waals surface area contributed by atoms with E-state index in [0.717, 1.165) is 6.07 Å². The third-order valence-electron chi connectivity index (χ3n) is 4.22. The molecule has 1 aromatic carbocycles. The van der Waals surface area contributed by atoms with Crippen molar-refractivity contribution in [2.75, 3.05) is 13.2 Å². The largest absolute Gasteiger partial charge is 0.481 e. The van der Waals surface area contributed by atoms with Gasteiger partial charge in [-0.3, -0.25) is 9.59 Å². The molecule has 7 heteroatoms. The molecule has 1 saturated heterocycles. The number of rotatable bonds is 7. The first kappa shape index (κ1) is 18.3. The van der Waals surface area contributed by atoms with Gasteiger partial charge < -0.3 is 15.2 Å². The quantitative estimate of drug-likeness (QED) is 0.748. The van der Waals surface area contributed by atoms with E-state index >= 15 is 0 Å². The Morgan fingerprint density at radius 1 is 1.17 bits per heavy atom. The zero-order chi connectivity index (χ0) is 17.6. The third-order valence-corrected chi connectivity index (χ3v) is 4.22. The van der Waals surface area contributed by atoms with Crippen LogP contribution >= 0.6 is 0 Å². The van der Waals surface area contributed by atoms with Gasteiger partial charge in [-0.25, -0.2) is 8.78 Å². The zero-order valence-corrected chi connectivity index (χ0v) is 13.3. The van der Waals surface area contributed by atoms with Crippen LogP contribution in [0.2, 0.25) is 0 Å². The van der Waals surface area contributed by atoms with Crippen LogP contribution in [-0.2, 0) is 19.9 Å². The van der Waals surface area contributed by atoms with E-state index in [9.17, 15) is 18.4 Å². The van der Waals surface area contributed by atoms with E-state index in [1.165, 1.54) is 12.1 Å². The Bertz CT molecular complexity index is 600. The van der Waals surface area contributed by atoms with E-state index in [1.807, 2.05) is 0 Å². The van der Waals surface area contributed by atoms with Crippen LogP contribution in [0.1, 0.15) is 44.1 Å². The molecule has 1 aliphatic heterocycles. The maximum atomic E-state index is 14.2. The summed E-state index contributed by atoms with van der Waals surface area (Å²) in [5.74, 6) is -2.53. The highest BCUT2D eigenvalue weighted by molar-refractivity contribution is 5.77. The molecule has 0 radical (unpaired) electrons. The molecule has 0 aromatic heterocycles. The van der Waals surface area contributed by atoms with Gasteiger partial charge in [0.15, 0.2) is 0 Å². The molecule has 1 amide bonds. The number of carbonyl (C=O) groups is 2. The molecule has 1 fully saturated rings. The summed E-state index contributed by atoms with van der Waals surface area (Å²) in [6.45, 7) is 0.742. The SMILES string of the molecule is O=C(O)CCCCC(=O)NC1(c2ccc(F)cc2F)CCOCC1. The van der Waals surface area contributed by atoms with Crippen LogP contribution < -0.4 is 5.32 Å². The number of carboxylic acid groups (broad SMARTS) is 1. The molecule has 5 nitrogen and oxygen atoms in total. The molecule has 1 aromatic rings. The predicted octanol–water partition coefficient (Wildman–Crippen LogP) is 2.73. The van der Waals surface area contributed by atoms with Crippen molar-refractivity contribution in [3.05, 3.63) is 35.4 Å². The Labute approximate surface area is 139 Å². The average molecular weight is 341 g/mol. The maximum Gasteiger partial charge on any atom is 0.303 e. The summed E-state index contributed by atoms with van der Waals surface area (Å²) in [6, 6.07) is 3.35. The monoisotopic (exact) mass is 341 g/mol. The van der Waals surface area contributed by atoms with Gasteiger partial charge in [-0.15, -0.1) is 0 Å². The van der Waals surface area contributed by atoms with Gasteiger partial charge in [0.1, 0.15) is 11.6 Å². The van der Waals surface area contributed by atoms with E-state index in [0.29, 0.717) is 38.9 Å². The lowest BCUT2D eigenvalue weighted by atomic mass is 9.82. The van der Waals surface area contributed by atoms with Crippen LogP contribution in [0.5, 0.6) is 0 Å². The molecule has 1 heterocycles. The zero-order valence-electron chi connectivity index (χ0n) is 13.3. The molecule has 0 atom stereocenters. The molecular weight excluding hydrogens is 320 g/mol. The smallest absolute Gasteiger partial charge is 0.303 e. The molecule has 0 spiro atoms. The molecule has 24 heavy (non-hydrogen) atoms. The molecule has 0 bridgehead atoms. The lowest BCUT2D eigenvalue weighted by molar-refractivity contribution is -0.137. The van der Waals surface area contributed by atoms with Crippen LogP contribution in [0.3, 0.4) is 0 Å². The minimum Gasteiger partial charge on any atom is -0.481 e. The number of ether oxygens (including phenoxy) is 1. The second-order valence-electron chi connectivity index (χ2n) is 5.97. The van der Waals surface area contributed by atoms with Gasteiger partial charge in [0.25, 0.3) is 0 Å². The van der Waals surface area contributed by atoms with Gasteiger partial charge in [0.2, 0.25) is 5.91 Å². The Balaban J connectivity index is 2.07. The number of benzene rings is 1. The molecule has 132 valence electrons. The number of hydrogen-bond acceptors (Lipinski definition) is 3. The first-order valence-electron chi connectivity index (χ1n) is 7.99. The Morgan fingerprint density at radius 3 is 2.46 bits per heavy atom. The van der Waals surface area contributed by atoms with Crippen molar-refractivity contribution in [2.45, 2.75) is 44.1 Å². The number of hydrogen-bond donors (Lipinski definition) is 2. The first-order chi connectivity index (χ1) is 11.4. The number of aliphatic carboxylic acids is 1. The first-order valence-corrected chi connectivity index (χ1v) is 7.99. The fraction of sp³-hybridized carbons (Fsp3) is 0.529. The fourth-order valence-corrected chi connectivity index (χ4v) is 2.95. The molecule has 0 saturated carbocycles. The molecule has 1 aliphatic rings. The van der Waals surface area contributed by atoms with Crippen molar-refractivity contribution in [1.29, 1.82) is 0 Å². The van der Waals surface area contributed by atoms with E-state index in [1.54, 1.807) is 0 Å². The van der Waals surface area contributed by atoms with Crippen LogP contribution in [0.4, 0.5) is 8.78 Å². The third kappa shape index (κ3) is 4.74. The number of carbonyl (C=O) groups excluding carboxylic acids is 1. The minimum atomic E-state index is -0.917. The number of amides is 1. The predicted molar refractivity (Wildman–Crippen MR) is 82.3 cm³/mol. The molecule has 2 rings (SSSR count). The normalized spacial score (nSPS) is 16.6. The van der Waals surface area contributed by atoms with Gasteiger partial charge in [0, 0.05) is 37.7 Å². The Morgan fingerprint density at radius 2 is 1.83 bits per heavy atom. The van der Waals surface area contributed by atoms with Gasteiger partial charge in [0.05, 0.1) is 5.54 Å². The van der Waals surface area contributed by atoms with Crippen molar-refractivity contribution in [1.82, 2.24) is 5.32 Å². The minimum absolute atomic E-state index is 0.0128. The highest BCUT2D eigenvalue weighted by atomic mass is 19.1. The number of nitrogens with one attached hydrogen (secondary N) is 1. The van der Waals surface area contributed by atoms with Crippen LogP contribution in [0, 0.1) is 11.6 Å². The number of carboxylic acids is 1. The summed E-state index contributed by atoms with van der Waals surface area (Å²) >= 11 is 0. The van der Waals surface area contributed by atoms with E-state index in [2.05, 4.69) is 5.32 Å². The lowest BCUT2D eigenvalue weighted by Gasteiger charge is -2.38. The Hall–Kier alpha value is -2.02. The molecule has 2 N–H and O–H groups in total. The summed E-state index contributed by atoms with van der Waals surface area (Å²) in [4.78, 5) is 22.7. The van der Waals surface area contributed by atoms with E-state index in [-0.39, 0.29) is 24.3 Å². The van der Waals surface area contributed by atoms with Crippen molar-refractivity contribution in [3.8, 4) is 0 Å². The standard InChI is InChI=1S/C17H21F2NO4/c18-12-5-6-13(14(19)11-12)17(7-9-24-10-8-17)20-15(21)3-1-2-4-16(22)23/h5-6,11H,1-4,7-10H2,(H,20,21)(H,22,23). The van der Waals surface area contributed by atoms with E-state index in [4.69, 9.17) is 9.84 Å². The summed E-state index contributed by atoms with van der Waals surface area (Å²) in [5.41, 5.74) is -0.661. The molecule has 0 unspecified atom stereocenters. The molecular formula is C17H21F2NO4. The second kappa shape index (κ2) is 8.19. The van der Waals surface area contributed by atoms with Crippen molar-refractivity contribution >= 4 is 11.9 Å². The summed E-state index contributed by atoms with van der Waals surface area (Å²) in [6.07, 6.45) is 1.82. The summed E-state index contributed by atoms with van der Waals surface area (Å²) in [7, 11) is 0. The summed E-state index contributed by atoms with van der Waals surface area (Å²) in [5, 5.41) is 11.5. The van der Waals surface area contributed by atoms with Crippen molar-refractivity contribution in [3.63, 3.8) is 0 Å². The van der Waals surface area contributed by atoms with Crippen LogP contribution in [0.15, 0.2) is 18.2 Å². The van der Waals surface area contributed by atoms with Crippen molar-refractivity contribution in [2.24, 2.45) is 0 Å². The van der Waals surface area contributed by atoms with E-state index < -0.39 is 23.1 Å². The van der Waals surface area contributed by atoms with Gasteiger partial charge in [-0.05, 0) is 31.7 Å². The van der Waals surface area contributed by atoms with Gasteiger partial charge in [-0.1, -0.05) is 6.07 Å².